The summed E-state index contributed by atoms with van der Waals surface area (Å²) in [5.74, 6) is 0. The molecule has 0 radical (unpaired) electrons. The number of aromatic nitrogens is 2. The van der Waals surface area contributed by atoms with E-state index >= 15 is 0 Å². The van der Waals surface area contributed by atoms with Crippen LogP contribution in [0.1, 0.15) is 0 Å². The SMILES string of the molecule is O=c1c2ccccc2n2ccccn12. The summed E-state index contributed by atoms with van der Waals surface area (Å²) in [4.78, 5) is 11.8. The number of nitrogens with zero attached hydrogens (tertiary/aromatic N) is 2. The second-order valence-corrected chi connectivity index (χ2v) is 3.19. The van der Waals surface area contributed by atoms with Gasteiger partial charge in [0.05, 0.1) is 10.9 Å². The van der Waals surface area contributed by atoms with Gasteiger partial charge in [-0.2, -0.15) is 0 Å². The summed E-state index contributed by atoms with van der Waals surface area (Å²) in [5.41, 5.74) is 0.972. The Morgan fingerprint density at radius 1 is 0.857 bits per heavy atom. The van der Waals surface area contributed by atoms with Gasteiger partial charge in [-0.1, -0.05) is 12.1 Å². The van der Waals surface area contributed by atoms with Crippen molar-refractivity contribution < 1.29 is 0 Å². The lowest BCUT2D eigenvalue weighted by Gasteiger charge is -1.95. The number of fused-ring (bicyclic) bond motifs is 3. The fraction of sp³-hybridized carbons (Fsp3) is 0. The van der Waals surface area contributed by atoms with Crippen LogP contribution in [0.4, 0.5) is 0 Å². The monoisotopic (exact) mass is 184 g/mol. The van der Waals surface area contributed by atoms with E-state index < -0.39 is 0 Å². The van der Waals surface area contributed by atoms with Gasteiger partial charge < -0.3 is 0 Å². The maximum atomic E-state index is 11.8. The first-order valence-electron chi connectivity index (χ1n) is 4.45. The van der Waals surface area contributed by atoms with Gasteiger partial charge in [0.1, 0.15) is 0 Å². The topological polar surface area (TPSA) is 25.9 Å². The highest BCUT2D eigenvalue weighted by molar-refractivity contribution is 5.78. The van der Waals surface area contributed by atoms with E-state index in [9.17, 15) is 4.79 Å². The zero-order chi connectivity index (χ0) is 9.54. The Kier molecular flexibility index (Phi) is 1.31. The fourth-order valence-electron chi connectivity index (χ4n) is 1.75. The van der Waals surface area contributed by atoms with Gasteiger partial charge >= 0.3 is 0 Å². The van der Waals surface area contributed by atoms with Crippen LogP contribution >= 0.6 is 0 Å². The van der Waals surface area contributed by atoms with Crippen LogP contribution in [0, 0.1) is 0 Å². The van der Waals surface area contributed by atoms with Gasteiger partial charge in [-0.3, -0.25) is 9.31 Å². The molecule has 0 saturated carbocycles. The maximum Gasteiger partial charge on any atom is 0.279 e. The van der Waals surface area contributed by atoms with Crippen LogP contribution in [-0.4, -0.2) is 9.03 Å². The smallest absolute Gasteiger partial charge is 0.267 e. The van der Waals surface area contributed by atoms with Crippen LogP contribution in [0.5, 0.6) is 0 Å². The number of benzene rings is 1. The molecular weight excluding hydrogens is 176 g/mol. The highest BCUT2D eigenvalue weighted by atomic mass is 16.1. The molecule has 0 saturated heterocycles. The highest BCUT2D eigenvalue weighted by Crippen LogP contribution is 2.08. The van der Waals surface area contributed by atoms with Crippen molar-refractivity contribution in [2.75, 3.05) is 0 Å². The van der Waals surface area contributed by atoms with E-state index in [0.29, 0.717) is 0 Å². The van der Waals surface area contributed by atoms with Crippen molar-refractivity contribution in [3.05, 3.63) is 59.1 Å². The minimum Gasteiger partial charge on any atom is -0.267 e. The van der Waals surface area contributed by atoms with Crippen molar-refractivity contribution in [1.82, 2.24) is 9.03 Å². The number of hydrogen-bond donors (Lipinski definition) is 0. The molecule has 3 nitrogen and oxygen atoms in total. The predicted molar refractivity (Wildman–Crippen MR) is 54.6 cm³/mol. The Balaban J connectivity index is 2.76. The number of rotatable bonds is 0. The molecule has 1 aromatic carbocycles. The summed E-state index contributed by atoms with van der Waals surface area (Å²) in [6.07, 6.45) is 3.64. The molecule has 14 heavy (non-hydrogen) atoms. The molecule has 3 rings (SSSR count). The molecular formula is C11H8N2O. The molecule has 0 aliphatic carbocycles. The molecule has 0 fully saturated rings. The molecule has 68 valence electrons. The van der Waals surface area contributed by atoms with Gasteiger partial charge in [0.15, 0.2) is 0 Å². The number of para-hydroxylation sites is 1. The van der Waals surface area contributed by atoms with Crippen LogP contribution in [0.2, 0.25) is 0 Å². The summed E-state index contributed by atoms with van der Waals surface area (Å²) in [7, 11) is 0. The van der Waals surface area contributed by atoms with Gasteiger partial charge in [0.2, 0.25) is 0 Å². The van der Waals surface area contributed by atoms with Crippen LogP contribution in [0.15, 0.2) is 53.6 Å². The van der Waals surface area contributed by atoms with Crippen molar-refractivity contribution in [3.63, 3.8) is 0 Å². The van der Waals surface area contributed by atoms with Gasteiger partial charge in [0.25, 0.3) is 5.56 Å². The minimum absolute atomic E-state index is 0.0289. The Bertz CT molecular complexity index is 607. The molecule has 0 atom stereocenters. The molecule has 0 N–H and O–H groups in total. The predicted octanol–water partition coefficient (Wildman–Crippen LogP) is 1.55. The molecule has 0 spiro atoms. The lowest BCUT2D eigenvalue weighted by atomic mass is 10.2. The van der Waals surface area contributed by atoms with Gasteiger partial charge in [-0.15, -0.1) is 0 Å². The van der Waals surface area contributed by atoms with Gasteiger partial charge in [-0.25, -0.2) is 4.52 Å². The highest BCUT2D eigenvalue weighted by Gasteiger charge is 2.04. The minimum atomic E-state index is 0.0289. The van der Waals surface area contributed by atoms with E-state index in [-0.39, 0.29) is 5.56 Å². The lowest BCUT2D eigenvalue weighted by Crippen LogP contribution is -2.09. The van der Waals surface area contributed by atoms with Crippen molar-refractivity contribution in [2.24, 2.45) is 0 Å². The molecule has 0 aliphatic heterocycles. The van der Waals surface area contributed by atoms with Crippen LogP contribution in [0.3, 0.4) is 0 Å². The second-order valence-electron chi connectivity index (χ2n) is 3.19. The third kappa shape index (κ3) is 0.785. The molecule has 3 heteroatoms. The third-order valence-electron chi connectivity index (χ3n) is 2.39. The Morgan fingerprint density at radius 3 is 2.43 bits per heavy atom. The summed E-state index contributed by atoms with van der Waals surface area (Å²) in [6.45, 7) is 0. The maximum absolute atomic E-state index is 11.8. The van der Waals surface area contributed by atoms with Crippen molar-refractivity contribution in [2.45, 2.75) is 0 Å². The normalized spacial score (nSPS) is 11.1. The third-order valence-corrected chi connectivity index (χ3v) is 2.39. The van der Waals surface area contributed by atoms with E-state index in [1.165, 1.54) is 0 Å². The summed E-state index contributed by atoms with van der Waals surface area (Å²) in [5, 5.41) is 0.753. The van der Waals surface area contributed by atoms with Gasteiger partial charge in [-0.05, 0) is 24.3 Å². The van der Waals surface area contributed by atoms with E-state index in [1.54, 1.807) is 10.7 Å². The molecule has 0 aliphatic rings. The quantitative estimate of drug-likeness (QED) is 0.520. The van der Waals surface area contributed by atoms with Crippen molar-refractivity contribution in [1.29, 1.82) is 0 Å². The Hall–Kier alpha value is -2.03. The van der Waals surface area contributed by atoms with Crippen LogP contribution in [0.25, 0.3) is 10.9 Å². The van der Waals surface area contributed by atoms with E-state index in [4.69, 9.17) is 0 Å². The second kappa shape index (κ2) is 2.48. The summed E-state index contributed by atoms with van der Waals surface area (Å²) in [6, 6.07) is 11.4. The van der Waals surface area contributed by atoms with Crippen molar-refractivity contribution >= 4 is 10.9 Å². The first-order valence-corrected chi connectivity index (χ1v) is 4.45. The molecule has 2 heterocycles. The standard InChI is InChI=1S/C11H8N2O/c14-11-9-5-1-2-6-10(9)12-7-3-4-8-13(11)12/h1-8H. The van der Waals surface area contributed by atoms with E-state index in [2.05, 4.69) is 0 Å². The summed E-state index contributed by atoms with van der Waals surface area (Å²) < 4.78 is 3.45. The fourth-order valence-corrected chi connectivity index (χ4v) is 1.75. The number of hydrogen-bond acceptors (Lipinski definition) is 1. The largest absolute Gasteiger partial charge is 0.279 e. The molecule has 2 aromatic heterocycles. The molecule has 0 unspecified atom stereocenters. The average molecular weight is 184 g/mol. The Morgan fingerprint density at radius 2 is 1.57 bits per heavy atom. The first kappa shape index (κ1) is 7.38. The molecule has 3 aromatic rings. The zero-order valence-electron chi connectivity index (χ0n) is 7.42. The van der Waals surface area contributed by atoms with Crippen LogP contribution in [-0.2, 0) is 0 Å². The Labute approximate surface area is 79.8 Å². The zero-order valence-corrected chi connectivity index (χ0v) is 7.42. The summed E-state index contributed by atoms with van der Waals surface area (Å²) >= 11 is 0. The van der Waals surface area contributed by atoms with E-state index in [0.717, 1.165) is 10.9 Å². The van der Waals surface area contributed by atoms with Crippen molar-refractivity contribution in [3.8, 4) is 0 Å². The van der Waals surface area contributed by atoms with E-state index in [1.807, 2.05) is 47.1 Å². The average Bonchev–Trinajstić information content (AvgIpc) is 2.55. The first-order chi connectivity index (χ1) is 6.88. The van der Waals surface area contributed by atoms with Gasteiger partial charge in [0, 0.05) is 12.4 Å². The van der Waals surface area contributed by atoms with Crippen LogP contribution < -0.4 is 5.56 Å². The lowest BCUT2D eigenvalue weighted by molar-refractivity contribution is 0.811. The molecule has 0 amide bonds. The molecule has 0 bridgehead atoms.